The minimum atomic E-state index is 0.525. The molecule has 1 heteroatoms. The van der Waals surface area contributed by atoms with Crippen LogP contribution in [-0.2, 0) is 0 Å². The zero-order valence-electron chi connectivity index (χ0n) is 10.9. The molecule has 1 aromatic rings. The van der Waals surface area contributed by atoms with Crippen molar-refractivity contribution in [1.29, 1.82) is 0 Å². The summed E-state index contributed by atoms with van der Waals surface area (Å²) in [5.74, 6) is 0. The summed E-state index contributed by atoms with van der Waals surface area (Å²) in [5.41, 5.74) is 2.76. The molecule has 1 unspecified atom stereocenters. The van der Waals surface area contributed by atoms with Crippen LogP contribution in [0, 0.1) is 6.92 Å². The average molecular weight is 219 g/mol. The molecular weight excluding hydrogens is 194 g/mol. The van der Waals surface area contributed by atoms with Crippen LogP contribution in [0.1, 0.15) is 56.7 Å². The van der Waals surface area contributed by atoms with Gasteiger partial charge < -0.3 is 5.32 Å². The Bertz CT molecular complexity index is 276. The molecule has 0 heterocycles. The summed E-state index contributed by atoms with van der Waals surface area (Å²) < 4.78 is 0. The van der Waals surface area contributed by atoms with Crippen LogP contribution >= 0.6 is 0 Å². The van der Waals surface area contributed by atoms with Crippen molar-refractivity contribution in [3.63, 3.8) is 0 Å². The molecule has 1 rings (SSSR count). The molecule has 0 bridgehead atoms. The van der Waals surface area contributed by atoms with Crippen LogP contribution in [0.3, 0.4) is 0 Å². The Balaban J connectivity index is 2.44. The van der Waals surface area contributed by atoms with Crippen molar-refractivity contribution in [1.82, 2.24) is 5.32 Å². The Labute approximate surface area is 100 Å². The lowest BCUT2D eigenvalue weighted by atomic mass is 10.0. The Morgan fingerprint density at radius 3 is 2.31 bits per heavy atom. The summed E-state index contributed by atoms with van der Waals surface area (Å²) in [6.45, 7) is 7.77. The molecule has 0 aliphatic heterocycles. The monoisotopic (exact) mass is 219 g/mol. The number of hydrogen-bond donors (Lipinski definition) is 1. The van der Waals surface area contributed by atoms with Gasteiger partial charge in [-0.05, 0) is 31.9 Å². The number of rotatable bonds is 7. The van der Waals surface area contributed by atoms with Crippen LogP contribution in [0.4, 0.5) is 0 Å². The Morgan fingerprint density at radius 2 is 1.75 bits per heavy atom. The Morgan fingerprint density at radius 1 is 1.06 bits per heavy atom. The van der Waals surface area contributed by atoms with E-state index in [2.05, 4.69) is 50.4 Å². The SMILES string of the molecule is CCCCCNC(CC)c1ccc(C)cc1. The lowest BCUT2D eigenvalue weighted by Crippen LogP contribution is -2.21. The smallest absolute Gasteiger partial charge is 0.0317 e. The van der Waals surface area contributed by atoms with Gasteiger partial charge in [0.25, 0.3) is 0 Å². The van der Waals surface area contributed by atoms with E-state index in [0.29, 0.717) is 6.04 Å². The third-order valence-electron chi connectivity index (χ3n) is 3.06. The number of hydrogen-bond acceptors (Lipinski definition) is 1. The summed E-state index contributed by atoms with van der Waals surface area (Å²) in [6, 6.07) is 9.42. The summed E-state index contributed by atoms with van der Waals surface area (Å²) in [7, 11) is 0. The maximum atomic E-state index is 3.64. The molecule has 0 saturated carbocycles. The molecule has 0 aromatic heterocycles. The molecule has 1 aromatic carbocycles. The zero-order chi connectivity index (χ0) is 11.8. The first-order chi connectivity index (χ1) is 7.77. The second-order valence-corrected chi connectivity index (χ2v) is 4.53. The minimum Gasteiger partial charge on any atom is -0.310 e. The molecular formula is C15H25N. The van der Waals surface area contributed by atoms with Gasteiger partial charge in [0.05, 0.1) is 0 Å². The lowest BCUT2D eigenvalue weighted by Gasteiger charge is -2.17. The van der Waals surface area contributed by atoms with Crippen molar-refractivity contribution >= 4 is 0 Å². The largest absolute Gasteiger partial charge is 0.310 e. The average Bonchev–Trinajstić information content (AvgIpc) is 2.31. The summed E-state index contributed by atoms with van der Waals surface area (Å²) in [4.78, 5) is 0. The first kappa shape index (κ1) is 13.2. The summed E-state index contributed by atoms with van der Waals surface area (Å²) >= 11 is 0. The number of benzene rings is 1. The van der Waals surface area contributed by atoms with E-state index in [4.69, 9.17) is 0 Å². The van der Waals surface area contributed by atoms with Gasteiger partial charge >= 0.3 is 0 Å². The van der Waals surface area contributed by atoms with Crippen LogP contribution in [0.15, 0.2) is 24.3 Å². The van der Waals surface area contributed by atoms with Crippen molar-refractivity contribution < 1.29 is 0 Å². The fraction of sp³-hybridized carbons (Fsp3) is 0.600. The number of nitrogens with one attached hydrogen (secondary N) is 1. The first-order valence-corrected chi connectivity index (χ1v) is 6.57. The molecule has 0 fully saturated rings. The highest BCUT2D eigenvalue weighted by molar-refractivity contribution is 5.23. The molecule has 1 nitrogen and oxygen atoms in total. The normalized spacial score (nSPS) is 12.7. The van der Waals surface area contributed by atoms with Crippen molar-refractivity contribution in [2.45, 2.75) is 52.5 Å². The van der Waals surface area contributed by atoms with E-state index >= 15 is 0 Å². The zero-order valence-corrected chi connectivity index (χ0v) is 10.9. The van der Waals surface area contributed by atoms with E-state index < -0.39 is 0 Å². The molecule has 0 aliphatic carbocycles. The number of unbranched alkanes of at least 4 members (excludes halogenated alkanes) is 2. The predicted molar refractivity (Wildman–Crippen MR) is 71.7 cm³/mol. The summed E-state index contributed by atoms with van der Waals surface area (Å²) in [6.07, 6.45) is 5.08. The van der Waals surface area contributed by atoms with Gasteiger partial charge in [0, 0.05) is 6.04 Å². The maximum absolute atomic E-state index is 3.64. The van der Waals surface area contributed by atoms with E-state index in [1.807, 2.05) is 0 Å². The van der Waals surface area contributed by atoms with Crippen LogP contribution in [-0.4, -0.2) is 6.54 Å². The molecule has 90 valence electrons. The van der Waals surface area contributed by atoms with Crippen molar-refractivity contribution in [3.05, 3.63) is 35.4 Å². The van der Waals surface area contributed by atoms with E-state index in [0.717, 1.165) is 13.0 Å². The quantitative estimate of drug-likeness (QED) is 0.677. The van der Waals surface area contributed by atoms with Crippen LogP contribution < -0.4 is 5.32 Å². The Kier molecular flexibility index (Phi) is 6.17. The molecule has 0 amide bonds. The molecule has 0 radical (unpaired) electrons. The third kappa shape index (κ3) is 4.36. The van der Waals surface area contributed by atoms with Gasteiger partial charge in [-0.2, -0.15) is 0 Å². The Hall–Kier alpha value is -0.820. The lowest BCUT2D eigenvalue weighted by molar-refractivity contribution is 0.501. The third-order valence-corrected chi connectivity index (χ3v) is 3.06. The molecule has 0 spiro atoms. The fourth-order valence-electron chi connectivity index (χ4n) is 1.95. The molecule has 0 aliphatic rings. The van der Waals surface area contributed by atoms with Gasteiger partial charge in [-0.3, -0.25) is 0 Å². The van der Waals surface area contributed by atoms with Crippen molar-refractivity contribution in [2.24, 2.45) is 0 Å². The first-order valence-electron chi connectivity index (χ1n) is 6.57. The van der Waals surface area contributed by atoms with Gasteiger partial charge in [0.1, 0.15) is 0 Å². The maximum Gasteiger partial charge on any atom is 0.0317 e. The second kappa shape index (κ2) is 7.45. The molecule has 0 saturated heterocycles. The van der Waals surface area contributed by atoms with E-state index in [1.165, 1.54) is 30.4 Å². The van der Waals surface area contributed by atoms with Crippen molar-refractivity contribution in [2.75, 3.05) is 6.54 Å². The van der Waals surface area contributed by atoms with Gasteiger partial charge in [0.15, 0.2) is 0 Å². The topological polar surface area (TPSA) is 12.0 Å². The number of aryl methyl sites for hydroxylation is 1. The highest BCUT2D eigenvalue weighted by Crippen LogP contribution is 2.17. The molecule has 16 heavy (non-hydrogen) atoms. The fourth-order valence-corrected chi connectivity index (χ4v) is 1.95. The summed E-state index contributed by atoms with van der Waals surface area (Å²) in [5, 5.41) is 3.64. The molecule has 1 N–H and O–H groups in total. The predicted octanol–water partition coefficient (Wildman–Crippen LogP) is 4.23. The minimum absolute atomic E-state index is 0.525. The molecule has 1 atom stereocenters. The highest BCUT2D eigenvalue weighted by atomic mass is 14.9. The van der Waals surface area contributed by atoms with E-state index in [-0.39, 0.29) is 0 Å². The van der Waals surface area contributed by atoms with Gasteiger partial charge in [-0.15, -0.1) is 0 Å². The van der Waals surface area contributed by atoms with Crippen LogP contribution in [0.5, 0.6) is 0 Å². The standard InChI is InChI=1S/C15H25N/c1-4-6-7-12-16-15(5-2)14-10-8-13(3)9-11-14/h8-11,15-16H,4-7,12H2,1-3H3. The van der Waals surface area contributed by atoms with Crippen LogP contribution in [0.2, 0.25) is 0 Å². The van der Waals surface area contributed by atoms with Gasteiger partial charge in [-0.1, -0.05) is 56.5 Å². The second-order valence-electron chi connectivity index (χ2n) is 4.53. The van der Waals surface area contributed by atoms with Gasteiger partial charge in [-0.25, -0.2) is 0 Å². The highest BCUT2D eigenvalue weighted by Gasteiger charge is 2.07. The van der Waals surface area contributed by atoms with Gasteiger partial charge in [0.2, 0.25) is 0 Å². The van der Waals surface area contributed by atoms with E-state index in [9.17, 15) is 0 Å². The van der Waals surface area contributed by atoms with Crippen LogP contribution in [0.25, 0.3) is 0 Å². The van der Waals surface area contributed by atoms with Crippen molar-refractivity contribution in [3.8, 4) is 0 Å². The van der Waals surface area contributed by atoms with E-state index in [1.54, 1.807) is 0 Å².